The molecule has 0 bridgehead atoms. The summed E-state index contributed by atoms with van der Waals surface area (Å²) >= 11 is 5.90. The van der Waals surface area contributed by atoms with Gasteiger partial charge in [0.05, 0.1) is 4.43 Å². The molecular weight excluding hydrogens is 303 g/mol. The Morgan fingerprint density at radius 1 is 1.15 bits per heavy atom. The quantitative estimate of drug-likeness (QED) is 0.279. The van der Waals surface area contributed by atoms with Gasteiger partial charge in [0.25, 0.3) is 0 Å². The maximum Gasteiger partial charge on any atom is 0.229 e. The van der Waals surface area contributed by atoms with E-state index in [1.165, 1.54) is 0 Å². The Kier molecular flexibility index (Phi) is 8.62. The first-order valence-electron chi connectivity index (χ1n) is 3.91. The molecular formula is C7H13IN2O2S. The molecule has 13 heavy (non-hydrogen) atoms. The standard InChI is InChI=1S/C7H13IN2O2S/c8-5-7(12)10-3-2-9-6(11)1-4-13/h13H,1-5H2,(H,9,11)(H,10,12). The minimum absolute atomic E-state index is 0.0101. The van der Waals surface area contributed by atoms with Crippen LogP contribution in [0.25, 0.3) is 0 Å². The van der Waals surface area contributed by atoms with Gasteiger partial charge in [-0.15, -0.1) is 0 Å². The smallest absolute Gasteiger partial charge is 0.229 e. The van der Waals surface area contributed by atoms with Crippen molar-refractivity contribution in [2.75, 3.05) is 23.3 Å². The molecule has 0 unspecified atom stereocenters. The zero-order valence-corrected chi connectivity index (χ0v) is 10.2. The molecule has 0 heterocycles. The van der Waals surface area contributed by atoms with Crippen molar-refractivity contribution in [3.05, 3.63) is 0 Å². The van der Waals surface area contributed by atoms with Gasteiger partial charge in [-0.1, -0.05) is 22.6 Å². The number of hydrogen-bond acceptors (Lipinski definition) is 3. The lowest BCUT2D eigenvalue weighted by atomic mass is 10.4. The molecule has 0 radical (unpaired) electrons. The molecule has 0 aliphatic heterocycles. The lowest BCUT2D eigenvalue weighted by Crippen LogP contribution is -2.35. The summed E-state index contributed by atoms with van der Waals surface area (Å²) in [5.41, 5.74) is 0. The molecule has 0 aliphatic carbocycles. The molecule has 0 saturated heterocycles. The molecule has 0 rings (SSSR count). The minimum atomic E-state index is -0.0290. The number of rotatable bonds is 6. The number of halogens is 1. The number of amides is 2. The fourth-order valence-corrected chi connectivity index (χ4v) is 1.11. The predicted octanol–water partition coefficient (Wildman–Crippen LogP) is -0.0263. The lowest BCUT2D eigenvalue weighted by Gasteiger charge is -2.04. The Morgan fingerprint density at radius 3 is 2.15 bits per heavy atom. The van der Waals surface area contributed by atoms with Gasteiger partial charge >= 0.3 is 0 Å². The second kappa shape index (κ2) is 8.61. The first kappa shape index (κ1) is 13.0. The SMILES string of the molecule is O=C(CI)NCCNC(=O)CCS. The molecule has 0 aromatic heterocycles. The van der Waals surface area contributed by atoms with E-state index in [2.05, 4.69) is 23.3 Å². The molecule has 2 N–H and O–H groups in total. The summed E-state index contributed by atoms with van der Waals surface area (Å²) in [7, 11) is 0. The topological polar surface area (TPSA) is 58.2 Å². The molecule has 0 atom stereocenters. The van der Waals surface area contributed by atoms with Gasteiger partial charge in [-0.05, 0) is 5.75 Å². The van der Waals surface area contributed by atoms with E-state index >= 15 is 0 Å². The van der Waals surface area contributed by atoms with Crippen LogP contribution in [0.3, 0.4) is 0 Å². The van der Waals surface area contributed by atoms with E-state index in [-0.39, 0.29) is 11.8 Å². The Labute approximate surface area is 96.8 Å². The van der Waals surface area contributed by atoms with E-state index in [4.69, 9.17) is 0 Å². The highest BCUT2D eigenvalue weighted by molar-refractivity contribution is 14.1. The van der Waals surface area contributed by atoms with Crippen molar-refractivity contribution < 1.29 is 9.59 Å². The Morgan fingerprint density at radius 2 is 1.69 bits per heavy atom. The van der Waals surface area contributed by atoms with Crippen molar-refractivity contribution >= 4 is 47.0 Å². The van der Waals surface area contributed by atoms with Gasteiger partial charge in [-0.3, -0.25) is 9.59 Å². The average molecular weight is 316 g/mol. The van der Waals surface area contributed by atoms with Crippen molar-refractivity contribution in [1.29, 1.82) is 0 Å². The van der Waals surface area contributed by atoms with Gasteiger partial charge in [0.1, 0.15) is 0 Å². The summed E-state index contributed by atoms with van der Waals surface area (Å²) in [5, 5.41) is 5.31. The zero-order chi connectivity index (χ0) is 10.1. The van der Waals surface area contributed by atoms with Gasteiger partial charge in [0.2, 0.25) is 11.8 Å². The molecule has 0 aliphatic rings. The third-order valence-corrected chi connectivity index (χ3v) is 2.15. The molecule has 2 amide bonds. The second-order valence-electron chi connectivity index (χ2n) is 2.31. The normalized spacial score (nSPS) is 9.38. The highest BCUT2D eigenvalue weighted by Crippen LogP contribution is 1.82. The average Bonchev–Trinajstić information content (AvgIpc) is 2.12. The maximum atomic E-state index is 10.9. The third kappa shape index (κ3) is 8.35. The molecule has 6 heteroatoms. The number of nitrogens with one attached hydrogen (secondary N) is 2. The van der Waals surface area contributed by atoms with Gasteiger partial charge < -0.3 is 10.6 Å². The number of hydrogen-bond donors (Lipinski definition) is 3. The van der Waals surface area contributed by atoms with Crippen LogP contribution in [0.1, 0.15) is 6.42 Å². The Bertz CT molecular complexity index is 178. The number of alkyl halides is 1. The van der Waals surface area contributed by atoms with Gasteiger partial charge in [-0.25, -0.2) is 0 Å². The van der Waals surface area contributed by atoms with E-state index in [9.17, 15) is 9.59 Å². The summed E-state index contributed by atoms with van der Waals surface area (Å²) < 4.78 is 0.447. The van der Waals surface area contributed by atoms with Crippen LogP contribution in [0, 0.1) is 0 Å². The summed E-state index contributed by atoms with van der Waals surface area (Å²) in [6.07, 6.45) is 0.420. The van der Waals surface area contributed by atoms with E-state index in [0.29, 0.717) is 29.7 Å². The molecule has 0 spiro atoms. The molecule has 0 fully saturated rings. The third-order valence-electron chi connectivity index (χ3n) is 1.23. The fraction of sp³-hybridized carbons (Fsp3) is 0.714. The Balaban J connectivity index is 3.25. The monoisotopic (exact) mass is 316 g/mol. The number of thiol groups is 1. The summed E-state index contributed by atoms with van der Waals surface area (Å²) in [6.45, 7) is 0.967. The summed E-state index contributed by atoms with van der Waals surface area (Å²) in [6, 6.07) is 0. The van der Waals surface area contributed by atoms with E-state index in [1.54, 1.807) is 0 Å². The van der Waals surface area contributed by atoms with Crippen molar-refractivity contribution in [2.45, 2.75) is 6.42 Å². The van der Waals surface area contributed by atoms with Crippen molar-refractivity contribution in [3.63, 3.8) is 0 Å². The number of carbonyl (C=O) groups is 2. The van der Waals surface area contributed by atoms with E-state index in [0.717, 1.165) is 0 Å². The Hall–Kier alpha value is 0.0200. The first-order chi connectivity index (χ1) is 6.20. The largest absolute Gasteiger partial charge is 0.354 e. The molecule has 0 saturated carbocycles. The molecule has 0 aromatic carbocycles. The second-order valence-corrected chi connectivity index (χ2v) is 3.52. The molecule has 76 valence electrons. The van der Waals surface area contributed by atoms with Crippen LogP contribution >= 0.6 is 35.2 Å². The van der Waals surface area contributed by atoms with E-state index < -0.39 is 0 Å². The summed E-state index contributed by atoms with van der Waals surface area (Å²) in [5.74, 6) is 0.508. The predicted molar refractivity (Wildman–Crippen MR) is 63.4 cm³/mol. The van der Waals surface area contributed by atoms with Crippen molar-refractivity contribution in [2.24, 2.45) is 0 Å². The lowest BCUT2D eigenvalue weighted by molar-refractivity contribution is -0.121. The van der Waals surface area contributed by atoms with Gasteiger partial charge in [-0.2, -0.15) is 12.6 Å². The maximum absolute atomic E-state index is 10.9. The van der Waals surface area contributed by atoms with Gasteiger partial charge in [0.15, 0.2) is 0 Å². The van der Waals surface area contributed by atoms with Crippen LogP contribution in [0.4, 0.5) is 0 Å². The van der Waals surface area contributed by atoms with Crippen LogP contribution in [0.2, 0.25) is 0 Å². The van der Waals surface area contributed by atoms with Crippen LogP contribution < -0.4 is 10.6 Å². The summed E-state index contributed by atoms with van der Waals surface area (Å²) in [4.78, 5) is 21.6. The van der Waals surface area contributed by atoms with Crippen LogP contribution in [0.5, 0.6) is 0 Å². The fourth-order valence-electron chi connectivity index (χ4n) is 0.641. The first-order valence-corrected chi connectivity index (χ1v) is 6.06. The van der Waals surface area contributed by atoms with E-state index in [1.807, 2.05) is 22.6 Å². The zero-order valence-electron chi connectivity index (χ0n) is 7.18. The minimum Gasteiger partial charge on any atom is -0.354 e. The number of carbonyl (C=O) groups excluding carboxylic acids is 2. The van der Waals surface area contributed by atoms with Gasteiger partial charge in [0, 0.05) is 19.5 Å². The van der Waals surface area contributed by atoms with Crippen molar-refractivity contribution in [1.82, 2.24) is 10.6 Å². The van der Waals surface area contributed by atoms with Crippen molar-refractivity contribution in [3.8, 4) is 0 Å². The van der Waals surface area contributed by atoms with Crippen LogP contribution in [-0.4, -0.2) is 35.1 Å². The van der Waals surface area contributed by atoms with Crippen LogP contribution in [-0.2, 0) is 9.59 Å². The highest BCUT2D eigenvalue weighted by Gasteiger charge is 1.99. The molecule has 4 nitrogen and oxygen atoms in total. The van der Waals surface area contributed by atoms with Crippen LogP contribution in [0.15, 0.2) is 0 Å². The highest BCUT2D eigenvalue weighted by atomic mass is 127. The molecule has 0 aromatic rings.